The Morgan fingerprint density at radius 3 is 2.30 bits per heavy atom. The van der Waals surface area contributed by atoms with Crippen LogP contribution in [0.25, 0.3) is 5.73 Å². The summed E-state index contributed by atoms with van der Waals surface area (Å²) in [5, 5.41) is 10.2. The van der Waals surface area contributed by atoms with Crippen LogP contribution in [0.4, 0.5) is 23.2 Å². The molecule has 0 saturated carbocycles. The van der Waals surface area contributed by atoms with E-state index in [-0.39, 0.29) is 45.3 Å². The number of anilines is 1. The Labute approximate surface area is 180 Å². The van der Waals surface area contributed by atoms with Gasteiger partial charge in [-0.25, -0.2) is 17.6 Å². The molecule has 0 aliphatic heterocycles. The van der Waals surface area contributed by atoms with E-state index in [0.717, 1.165) is 6.42 Å². The number of hydrogen-bond acceptors (Lipinski definition) is 3. The van der Waals surface area contributed by atoms with E-state index in [9.17, 15) is 22.4 Å². The zero-order valence-electron chi connectivity index (χ0n) is 14.7. The molecule has 149 valence electrons. The molecule has 1 radical (unpaired) electrons. The van der Waals surface area contributed by atoms with Crippen LogP contribution in [0, 0.1) is 23.3 Å². The molecule has 1 atom stereocenters. The van der Waals surface area contributed by atoms with Crippen LogP contribution in [0.5, 0.6) is 0 Å². The zero-order chi connectivity index (χ0) is 19.7. The SMILES string of the molecule is Nc1c(F)c(F)c(C(=O)NCCO)c(F)c1F.[NH-]C1/C=C\CCCCC1.[Y]. The summed E-state index contributed by atoms with van der Waals surface area (Å²) in [6, 6.07) is 0.0882. The molecule has 0 aromatic heterocycles. The van der Waals surface area contributed by atoms with Crippen molar-refractivity contribution in [1.82, 2.24) is 5.32 Å². The van der Waals surface area contributed by atoms with Crippen molar-refractivity contribution in [2.24, 2.45) is 0 Å². The molecule has 1 unspecified atom stereocenters. The van der Waals surface area contributed by atoms with Crippen LogP contribution in [-0.2, 0) is 32.7 Å². The van der Waals surface area contributed by atoms with Crippen LogP contribution >= 0.6 is 0 Å². The maximum absolute atomic E-state index is 13.2. The first-order valence-electron chi connectivity index (χ1n) is 8.19. The first-order valence-corrected chi connectivity index (χ1v) is 8.19. The predicted octanol–water partition coefficient (Wildman–Crippen LogP) is 3.47. The maximum atomic E-state index is 13.2. The average Bonchev–Trinajstić information content (AvgIpc) is 2.60. The summed E-state index contributed by atoms with van der Waals surface area (Å²) in [7, 11) is 0. The fourth-order valence-electron chi connectivity index (χ4n) is 2.27. The molecule has 1 aromatic rings. The summed E-state index contributed by atoms with van der Waals surface area (Å²) in [6.45, 7) is -0.805. The number of nitrogens with two attached hydrogens (primary N) is 1. The van der Waals surface area contributed by atoms with Crippen LogP contribution < -0.4 is 11.1 Å². The van der Waals surface area contributed by atoms with Gasteiger partial charge in [0.05, 0.1) is 6.61 Å². The van der Waals surface area contributed by atoms with Crippen molar-refractivity contribution in [3.05, 3.63) is 46.7 Å². The first kappa shape index (κ1) is 26.0. The largest absolute Gasteiger partial charge is 0.671 e. The minimum atomic E-state index is -1.88. The van der Waals surface area contributed by atoms with Gasteiger partial charge in [-0.1, -0.05) is 25.3 Å². The van der Waals surface area contributed by atoms with Crippen LogP contribution in [0.1, 0.15) is 42.5 Å². The molecule has 0 bridgehead atoms. The van der Waals surface area contributed by atoms with Gasteiger partial charge in [-0.2, -0.15) is 0 Å². The van der Waals surface area contributed by atoms with Gasteiger partial charge in [0.15, 0.2) is 23.3 Å². The number of benzene rings is 1. The Morgan fingerprint density at radius 1 is 1.15 bits per heavy atom. The summed E-state index contributed by atoms with van der Waals surface area (Å²) < 4.78 is 52.3. The van der Waals surface area contributed by atoms with E-state index in [0.29, 0.717) is 0 Å². The molecule has 10 heteroatoms. The quantitative estimate of drug-likeness (QED) is 0.276. The van der Waals surface area contributed by atoms with Gasteiger partial charge in [0, 0.05) is 39.3 Å². The number of allylic oxidation sites excluding steroid dienone is 1. The molecule has 2 rings (SSSR count). The molecular formula is C17H22F4N3O2Y-. The first-order chi connectivity index (χ1) is 12.3. The number of hydrogen-bond donors (Lipinski definition) is 3. The van der Waals surface area contributed by atoms with Crippen LogP contribution in [0.15, 0.2) is 12.2 Å². The third-order valence-electron chi connectivity index (χ3n) is 3.68. The standard InChI is InChI=1S/C9H8F4N2O2.C8H14N.Y/c10-4-3(9(17)15-1-2-16)5(11)7(13)8(14)6(4)12;9-8-6-4-2-1-3-5-7-8;/h16H,1-2,14H2,(H,15,17);4,6,8-9H,1-3,5,7H2;/q;-1;/b;6-4-;. The Bertz CT molecular complexity index is 631. The van der Waals surface area contributed by atoms with E-state index in [1.54, 1.807) is 0 Å². The molecule has 0 heterocycles. The van der Waals surface area contributed by atoms with Gasteiger partial charge in [0.25, 0.3) is 5.91 Å². The second-order valence-electron chi connectivity index (χ2n) is 5.70. The topological polar surface area (TPSA) is 99.2 Å². The van der Waals surface area contributed by atoms with Crippen molar-refractivity contribution in [3.8, 4) is 0 Å². The van der Waals surface area contributed by atoms with Crippen molar-refractivity contribution in [2.75, 3.05) is 18.9 Å². The molecule has 27 heavy (non-hydrogen) atoms. The van der Waals surface area contributed by atoms with E-state index >= 15 is 0 Å². The van der Waals surface area contributed by atoms with Crippen molar-refractivity contribution >= 4 is 11.6 Å². The molecule has 0 fully saturated rings. The Hall–Kier alpha value is -1.03. The van der Waals surface area contributed by atoms with Crippen molar-refractivity contribution in [1.29, 1.82) is 0 Å². The number of nitrogen functional groups attached to an aromatic ring is 1. The molecule has 0 saturated heterocycles. The van der Waals surface area contributed by atoms with Gasteiger partial charge in [-0.15, -0.1) is 12.1 Å². The van der Waals surface area contributed by atoms with E-state index in [4.69, 9.17) is 16.6 Å². The number of aliphatic hydroxyl groups excluding tert-OH is 1. The normalized spacial score (nSPS) is 17.5. The Balaban J connectivity index is 0.000000572. The van der Waals surface area contributed by atoms with Crippen LogP contribution in [0.3, 0.4) is 0 Å². The van der Waals surface area contributed by atoms with Gasteiger partial charge in [0.2, 0.25) is 0 Å². The number of nitrogens with one attached hydrogen (secondary N) is 2. The molecule has 1 amide bonds. The number of amides is 1. The van der Waals surface area contributed by atoms with Crippen molar-refractivity contribution < 1.29 is 60.2 Å². The van der Waals surface area contributed by atoms with Gasteiger partial charge < -0.3 is 21.9 Å². The smallest absolute Gasteiger partial charge is 0.257 e. The number of carbonyl (C=O) groups excluding carboxylic acids is 1. The summed E-state index contributed by atoms with van der Waals surface area (Å²) in [4.78, 5) is 11.2. The van der Waals surface area contributed by atoms with Crippen LogP contribution in [-0.4, -0.2) is 30.2 Å². The number of halogens is 4. The summed E-state index contributed by atoms with van der Waals surface area (Å²) in [6.07, 6.45) is 10.3. The third-order valence-corrected chi connectivity index (χ3v) is 3.68. The summed E-state index contributed by atoms with van der Waals surface area (Å²) >= 11 is 0. The number of aliphatic hydroxyl groups is 1. The van der Waals surface area contributed by atoms with E-state index in [1.807, 2.05) is 11.4 Å². The molecule has 5 N–H and O–H groups in total. The fraction of sp³-hybridized carbons (Fsp3) is 0.471. The van der Waals surface area contributed by atoms with E-state index < -0.39 is 47.0 Å². The summed E-state index contributed by atoms with van der Waals surface area (Å²) in [5.74, 6) is -8.81. The van der Waals surface area contributed by atoms with Gasteiger partial charge in [0.1, 0.15) is 11.3 Å². The second-order valence-corrected chi connectivity index (χ2v) is 5.70. The number of rotatable bonds is 3. The third kappa shape index (κ3) is 7.85. The van der Waals surface area contributed by atoms with Crippen molar-refractivity contribution in [2.45, 2.75) is 38.1 Å². The maximum Gasteiger partial charge on any atom is 0.257 e. The molecule has 0 spiro atoms. The van der Waals surface area contributed by atoms with Gasteiger partial charge in [-0.3, -0.25) is 4.79 Å². The van der Waals surface area contributed by atoms with E-state index in [2.05, 4.69) is 6.08 Å². The van der Waals surface area contributed by atoms with Gasteiger partial charge >= 0.3 is 0 Å². The monoisotopic (exact) mass is 465 g/mol. The fourth-order valence-corrected chi connectivity index (χ4v) is 2.27. The second kappa shape index (κ2) is 13.2. The van der Waals surface area contributed by atoms with Gasteiger partial charge in [-0.05, 0) is 12.8 Å². The molecule has 5 nitrogen and oxygen atoms in total. The molecule has 1 aromatic carbocycles. The van der Waals surface area contributed by atoms with Crippen molar-refractivity contribution in [3.63, 3.8) is 0 Å². The number of carbonyl (C=O) groups is 1. The van der Waals surface area contributed by atoms with E-state index in [1.165, 1.54) is 25.7 Å². The average molecular weight is 465 g/mol. The Morgan fingerprint density at radius 2 is 1.74 bits per heavy atom. The molecule has 1 aliphatic carbocycles. The van der Waals surface area contributed by atoms with Crippen LogP contribution in [0.2, 0.25) is 0 Å². The predicted molar refractivity (Wildman–Crippen MR) is 90.4 cm³/mol. The minimum absolute atomic E-state index is 0. The Kier molecular flexibility index (Phi) is 12.7. The minimum Gasteiger partial charge on any atom is -0.671 e. The molecule has 1 aliphatic rings. The molecular weight excluding hydrogens is 443 g/mol. The zero-order valence-corrected chi connectivity index (χ0v) is 17.5. The summed E-state index contributed by atoms with van der Waals surface area (Å²) in [5.41, 5.74) is 9.42.